The van der Waals surface area contributed by atoms with Crippen LogP contribution in [0, 0.1) is 0 Å². The number of benzene rings is 3. The van der Waals surface area contributed by atoms with Crippen LogP contribution in [0.3, 0.4) is 0 Å². The summed E-state index contributed by atoms with van der Waals surface area (Å²) in [5.41, 5.74) is 1.12. The van der Waals surface area contributed by atoms with Crippen molar-refractivity contribution in [1.29, 1.82) is 0 Å². The summed E-state index contributed by atoms with van der Waals surface area (Å²) in [6.07, 6.45) is 0.495. The van der Waals surface area contributed by atoms with Gasteiger partial charge < -0.3 is 15.3 Å². The smallest absolute Gasteiger partial charge is 0.168 e. The largest absolute Gasteiger partial charge is 0.508 e. The number of phenolic OH excluding ortho intramolecular Hbond substituents is 3. The summed E-state index contributed by atoms with van der Waals surface area (Å²) < 4.78 is 0. The third kappa shape index (κ3) is 2.82. The first-order chi connectivity index (χ1) is 11.1. The van der Waals surface area contributed by atoms with Gasteiger partial charge in [-0.25, -0.2) is 0 Å². The van der Waals surface area contributed by atoms with Crippen LogP contribution in [-0.2, 0) is 0 Å². The molecule has 0 fully saturated rings. The van der Waals surface area contributed by atoms with E-state index in [9.17, 15) is 20.1 Å². The van der Waals surface area contributed by atoms with Gasteiger partial charge in [-0.15, -0.1) is 0 Å². The Balaban J connectivity index is 2.01. The topological polar surface area (TPSA) is 102 Å². The van der Waals surface area contributed by atoms with Crippen LogP contribution < -0.4 is 0 Å². The Morgan fingerprint density at radius 2 is 1.48 bits per heavy atom. The van der Waals surface area contributed by atoms with Gasteiger partial charge in [-0.3, -0.25) is 4.79 Å². The zero-order valence-electron chi connectivity index (χ0n) is 11.8. The van der Waals surface area contributed by atoms with E-state index in [1.165, 1.54) is 18.2 Å². The predicted octanol–water partition coefficient (Wildman–Crippen LogP) is 4.18. The molecule has 3 aromatic rings. The standard InChI is InChI=1S/C17H12N2O4/c20-9-15-14-6-3-12(7-10(14)8-16(22)17(15)23)19-18-11-1-4-13(21)5-2-11/h1-9,21-23H. The lowest BCUT2D eigenvalue weighted by molar-refractivity contribution is 0.112. The molecule has 0 unspecified atom stereocenters. The second-order valence-corrected chi connectivity index (χ2v) is 4.90. The Kier molecular flexibility index (Phi) is 3.64. The van der Waals surface area contributed by atoms with Crippen LogP contribution in [0.4, 0.5) is 11.4 Å². The summed E-state index contributed by atoms with van der Waals surface area (Å²) in [4.78, 5) is 11.1. The van der Waals surface area contributed by atoms with Gasteiger partial charge in [0.05, 0.1) is 16.9 Å². The Morgan fingerprint density at radius 1 is 0.826 bits per heavy atom. The number of nitrogens with zero attached hydrogens (tertiary/aromatic N) is 2. The van der Waals surface area contributed by atoms with Gasteiger partial charge in [0.15, 0.2) is 17.8 Å². The van der Waals surface area contributed by atoms with E-state index in [2.05, 4.69) is 10.2 Å². The van der Waals surface area contributed by atoms with Gasteiger partial charge in [-0.05, 0) is 53.2 Å². The number of hydrogen-bond donors (Lipinski definition) is 3. The van der Waals surface area contributed by atoms with Crippen LogP contribution >= 0.6 is 0 Å². The molecule has 3 aromatic carbocycles. The highest BCUT2D eigenvalue weighted by molar-refractivity contribution is 6.03. The van der Waals surface area contributed by atoms with Crippen LogP contribution in [0.1, 0.15) is 10.4 Å². The zero-order valence-corrected chi connectivity index (χ0v) is 11.8. The number of fused-ring (bicyclic) bond motifs is 1. The Hall–Kier alpha value is -3.41. The van der Waals surface area contributed by atoms with Crippen LogP contribution in [0.5, 0.6) is 17.2 Å². The van der Waals surface area contributed by atoms with Gasteiger partial charge >= 0.3 is 0 Å². The first-order valence-corrected chi connectivity index (χ1v) is 6.73. The van der Waals surface area contributed by atoms with Crippen molar-refractivity contribution < 1.29 is 20.1 Å². The quantitative estimate of drug-likeness (QED) is 0.383. The fourth-order valence-electron chi connectivity index (χ4n) is 2.21. The Labute approximate surface area is 131 Å². The molecule has 0 saturated heterocycles. The highest BCUT2D eigenvalue weighted by atomic mass is 16.3. The van der Waals surface area contributed by atoms with E-state index < -0.39 is 5.75 Å². The molecule has 0 heterocycles. The van der Waals surface area contributed by atoms with Crippen LogP contribution in [0.15, 0.2) is 58.8 Å². The molecule has 0 aliphatic heterocycles. The lowest BCUT2D eigenvalue weighted by Crippen LogP contribution is -1.85. The summed E-state index contributed by atoms with van der Waals surface area (Å²) in [6, 6.07) is 12.5. The molecule has 0 aliphatic rings. The second-order valence-electron chi connectivity index (χ2n) is 4.90. The minimum Gasteiger partial charge on any atom is -0.508 e. The van der Waals surface area contributed by atoms with E-state index in [0.29, 0.717) is 28.4 Å². The number of carbonyl (C=O) groups excluding carboxylic acids is 1. The molecule has 0 radical (unpaired) electrons. The molecule has 0 atom stereocenters. The second kappa shape index (κ2) is 5.76. The van der Waals surface area contributed by atoms with E-state index in [4.69, 9.17) is 0 Å². The van der Waals surface area contributed by atoms with Crippen molar-refractivity contribution in [1.82, 2.24) is 0 Å². The fraction of sp³-hybridized carbons (Fsp3) is 0. The molecule has 3 rings (SSSR count). The van der Waals surface area contributed by atoms with E-state index in [0.717, 1.165) is 0 Å². The van der Waals surface area contributed by atoms with Gasteiger partial charge in [-0.1, -0.05) is 6.07 Å². The third-order valence-corrected chi connectivity index (χ3v) is 3.36. The highest BCUT2D eigenvalue weighted by Crippen LogP contribution is 2.36. The molecular formula is C17H12N2O4. The van der Waals surface area contributed by atoms with Gasteiger partial charge in [0.25, 0.3) is 0 Å². The van der Waals surface area contributed by atoms with Crippen molar-refractivity contribution in [2.24, 2.45) is 10.2 Å². The molecule has 0 saturated carbocycles. The SMILES string of the molecule is O=Cc1c(O)c(O)cc2cc(N=Nc3ccc(O)cc3)ccc12. The lowest BCUT2D eigenvalue weighted by atomic mass is 10.0. The number of rotatable bonds is 3. The van der Waals surface area contributed by atoms with Crippen molar-refractivity contribution >= 4 is 28.4 Å². The van der Waals surface area contributed by atoms with Gasteiger partial charge in [0.1, 0.15) is 5.75 Å². The van der Waals surface area contributed by atoms with Crippen LogP contribution in [0.2, 0.25) is 0 Å². The first-order valence-electron chi connectivity index (χ1n) is 6.73. The van der Waals surface area contributed by atoms with Crippen molar-refractivity contribution in [3.8, 4) is 17.2 Å². The number of aldehydes is 1. The minimum absolute atomic E-state index is 0.0297. The molecule has 0 bridgehead atoms. The van der Waals surface area contributed by atoms with Crippen LogP contribution in [-0.4, -0.2) is 21.6 Å². The Morgan fingerprint density at radius 3 is 2.17 bits per heavy atom. The highest BCUT2D eigenvalue weighted by Gasteiger charge is 2.11. The van der Waals surface area contributed by atoms with E-state index in [-0.39, 0.29) is 17.1 Å². The molecule has 23 heavy (non-hydrogen) atoms. The van der Waals surface area contributed by atoms with Gasteiger partial charge in [-0.2, -0.15) is 10.2 Å². The maximum absolute atomic E-state index is 11.1. The molecule has 6 heteroatoms. The number of carbonyl (C=O) groups is 1. The monoisotopic (exact) mass is 308 g/mol. The third-order valence-electron chi connectivity index (χ3n) is 3.36. The van der Waals surface area contributed by atoms with Crippen molar-refractivity contribution in [2.45, 2.75) is 0 Å². The zero-order chi connectivity index (χ0) is 16.4. The van der Waals surface area contributed by atoms with E-state index >= 15 is 0 Å². The summed E-state index contributed by atoms with van der Waals surface area (Å²) in [6.45, 7) is 0. The van der Waals surface area contributed by atoms with Crippen molar-refractivity contribution in [3.05, 3.63) is 54.1 Å². The van der Waals surface area contributed by atoms with Crippen molar-refractivity contribution in [3.63, 3.8) is 0 Å². The molecule has 0 amide bonds. The maximum atomic E-state index is 11.1. The Bertz CT molecular complexity index is 918. The van der Waals surface area contributed by atoms with Crippen LogP contribution in [0.25, 0.3) is 10.8 Å². The molecular weight excluding hydrogens is 296 g/mol. The molecule has 0 aliphatic carbocycles. The number of azo groups is 1. The molecule has 0 spiro atoms. The van der Waals surface area contributed by atoms with E-state index in [1.807, 2.05) is 0 Å². The average Bonchev–Trinajstić information content (AvgIpc) is 2.55. The number of hydrogen-bond acceptors (Lipinski definition) is 6. The first kappa shape index (κ1) is 14.5. The fourth-order valence-corrected chi connectivity index (χ4v) is 2.21. The predicted molar refractivity (Wildman–Crippen MR) is 84.9 cm³/mol. The minimum atomic E-state index is -0.439. The van der Waals surface area contributed by atoms with Gasteiger partial charge in [0, 0.05) is 0 Å². The number of phenols is 3. The summed E-state index contributed by atoms with van der Waals surface area (Å²) in [7, 11) is 0. The molecule has 3 N–H and O–H groups in total. The average molecular weight is 308 g/mol. The normalized spacial score (nSPS) is 11.1. The maximum Gasteiger partial charge on any atom is 0.168 e. The summed E-state index contributed by atoms with van der Waals surface area (Å²) >= 11 is 0. The van der Waals surface area contributed by atoms with Crippen molar-refractivity contribution in [2.75, 3.05) is 0 Å². The molecule has 6 nitrogen and oxygen atoms in total. The summed E-state index contributed by atoms with van der Waals surface area (Å²) in [5, 5.41) is 37.8. The molecule has 114 valence electrons. The van der Waals surface area contributed by atoms with Gasteiger partial charge in [0.2, 0.25) is 0 Å². The number of aromatic hydroxyl groups is 3. The van der Waals surface area contributed by atoms with E-state index in [1.54, 1.807) is 30.3 Å². The molecule has 0 aromatic heterocycles. The lowest BCUT2D eigenvalue weighted by Gasteiger charge is -2.06. The summed E-state index contributed by atoms with van der Waals surface area (Å²) in [5.74, 6) is -0.662.